The van der Waals surface area contributed by atoms with E-state index in [2.05, 4.69) is 23.8 Å². The van der Waals surface area contributed by atoms with Gasteiger partial charge in [0.15, 0.2) is 0 Å². The topological polar surface area (TPSA) is 93.7 Å². The third-order valence-corrected chi connectivity index (χ3v) is 3.95. The van der Waals surface area contributed by atoms with Crippen molar-refractivity contribution in [1.82, 2.24) is 10.6 Å². The van der Waals surface area contributed by atoms with E-state index in [4.69, 9.17) is 9.47 Å². The average molecular weight is 435 g/mol. The molecule has 0 fully saturated rings. The minimum absolute atomic E-state index is 0.130. The standard InChI is InChI=1S/C23H31FN2O5/c1-6-8-10-20(27)25-19(16-11-13-17(24)14-12-16)15-30-21(28)18(9-7-2)26-22(29)31-23(3,4)5/h6-7,11-14,18-19H,1-2,8-10,15H2,3-5H3,(H,25,27)(H,26,29)/t18-,19+/m1/s1. The zero-order chi connectivity index (χ0) is 23.4. The minimum Gasteiger partial charge on any atom is -0.462 e. The van der Waals surface area contributed by atoms with Gasteiger partial charge in [0, 0.05) is 6.42 Å². The van der Waals surface area contributed by atoms with Gasteiger partial charge in [-0.05, 0) is 51.3 Å². The average Bonchev–Trinajstić information content (AvgIpc) is 2.68. The molecule has 170 valence electrons. The maximum Gasteiger partial charge on any atom is 0.408 e. The van der Waals surface area contributed by atoms with Crippen LogP contribution in [0, 0.1) is 5.82 Å². The van der Waals surface area contributed by atoms with Crippen LogP contribution < -0.4 is 10.6 Å². The molecule has 2 atom stereocenters. The van der Waals surface area contributed by atoms with Crippen LogP contribution in [0.4, 0.5) is 9.18 Å². The summed E-state index contributed by atoms with van der Waals surface area (Å²) in [5.74, 6) is -1.40. The normalized spacial score (nSPS) is 12.8. The first-order valence-electron chi connectivity index (χ1n) is 9.98. The number of amides is 2. The van der Waals surface area contributed by atoms with Crippen LogP contribution in [0.15, 0.2) is 49.6 Å². The van der Waals surface area contributed by atoms with Gasteiger partial charge >= 0.3 is 12.1 Å². The molecule has 0 heterocycles. The molecule has 1 aromatic carbocycles. The summed E-state index contributed by atoms with van der Waals surface area (Å²) < 4.78 is 23.8. The van der Waals surface area contributed by atoms with E-state index in [-0.39, 0.29) is 25.4 Å². The number of carbonyl (C=O) groups excluding carboxylic acids is 3. The van der Waals surface area contributed by atoms with E-state index in [1.807, 2.05) is 0 Å². The number of hydrogen-bond donors (Lipinski definition) is 2. The smallest absolute Gasteiger partial charge is 0.408 e. The van der Waals surface area contributed by atoms with Crippen molar-refractivity contribution in [2.45, 2.75) is 57.7 Å². The monoisotopic (exact) mass is 434 g/mol. The lowest BCUT2D eigenvalue weighted by molar-refractivity contribution is -0.147. The Hall–Kier alpha value is -3.16. The van der Waals surface area contributed by atoms with E-state index in [1.165, 1.54) is 30.3 Å². The number of hydrogen-bond acceptors (Lipinski definition) is 5. The van der Waals surface area contributed by atoms with Gasteiger partial charge in [0.05, 0.1) is 6.04 Å². The number of rotatable bonds is 11. The highest BCUT2D eigenvalue weighted by molar-refractivity contribution is 5.81. The molecular formula is C23H31FN2O5. The van der Waals surface area contributed by atoms with Crippen molar-refractivity contribution in [3.05, 3.63) is 61.0 Å². The van der Waals surface area contributed by atoms with Crippen molar-refractivity contribution in [3.8, 4) is 0 Å². The second-order valence-corrected chi connectivity index (χ2v) is 7.85. The molecule has 8 heteroatoms. The summed E-state index contributed by atoms with van der Waals surface area (Å²) >= 11 is 0. The van der Waals surface area contributed by atoms with Crippen LogP contribution in [0.2, 0.25) is 0 Å². The molecule has 2 N–H and O–H groups in total. The highest BCUT2D eigenvalue weighted by Gasteiger charge is 2.26. The number of ether oxygens (including phenoxy) is 2. The van der Waals surface area contributed by atoms with Crippen molar-refractivity contribution in [1.29, 1.82) is 0 Å². The van der Waals surface area contributed by atoms with Gasteiger partial charge in [-0.3, -0.25) is 4.79 Å². The number of esters is 1. The first-order valence-corrected chi connectivity index (χ1v) is 9.98. The van der Waals surface area contributed by atoms with E-state index in [0.717, 1.165) is 0 Å². The predicted molar refractivity (Wildman–Crippen MR) is 116 cm³/mol. The van der Waals surface area contributed by atoms with Crippen LogP contribution in [0.25, 0.3) is 0 Å². The molecule has 0 bridgehead atoms. The lowest BCUT2D eigenvalue weighted by atomic mass is 10.1. The van der Waals surface area contributed by atoms with Gasteiger partial charge in [-0.1, -0.05) is 24.3 Å². The van der Waals surface area contributed by atoms with E-state index >= 15 is 0 Å². The van der Waals surface area contributed by atoms with Gasteiger partial charge in [0.1, 0.15) is 24.1 Å². The van der Waals surface area contributed by atoms with Crippen LogP contribution >= 0.6 is 0 Å². The molecule has 0 aliphatic heterocycles. The second kappa shape index (κ2) is 12.5. The SMILES string of the molecule is C=CCCC(=O)N[C@@H](COC(=O)[C@@H](CC=C)NC(=O)OC(C)(C)C)c1ccc(F)cc1. The van der Waals surface area contributed by atoms with E-state index < -0.39 is 35.6 Å². The van der Waals surface area contributed by atoms with Crippen molar-refractivity contribution >= 4 is 18.0 Å². The summed E-state index contributed by atoms with van der Waals surface area (Å²) in [7, 11) is 0. The molecule has 0 radical (unpaired) electrons. The number of nitrogens with one attached hydrogen (secondary N) is 2. The Morgan fingerprint density at radius 3 is 2.29 bits per heavy atom. The molecule has 0 aromatic heterocycles. The molecule has 0 saturated carbocycles. The lowest BCUT2D eigenvalue weighted by Gasteiger charge is -2.24. The first-order chi connectivity index (χ1) is 14.6. The number of benzene rings is 1. The maximum atomic E-state index is 13.3. The summed E-state index contributed by atoms with van der Waals surface area (Å²) in [5.41, 5.74) is -0.155. The quantitative estimate of drug-likeness (QED) is 0.406. The summed E-state index contributed by atoms with van der Waals surface area (Å²) in [6.45, 7) is 12.1. The number of halogens is 1. The minimum atomic E-state index is -1.00. The van der Waals surface area contributed by atoms with Crippen molar-refractivity contribution in [2.75, 3.05) is 6.61 Å². The maximum absolute atomic E-state index is 13.3. The Kier molecular flexibility index (Phi) is 10.4. The van der Waals surface area contributed by atoms with Crippen LogP contribution in [0.5, 0.6) is 0 Å². The predicted octanol–water partition coefficient (Wildman–Crippen LogP) is 3.96. The molecule has 0 spiro atoms. The summed E-state index contributed by atoms with van der Waals surface area (Å²) in [5, 5.41) is 5.23. The zero-order valence-corrected chi connectivity index (χ0v) is 18.3. The third-order valence-electron chi connectivity index (χ3n) is 3.95. The molecule has 0 aliphatic rings. The number of allylic oxidation sites excluding steroid dienone is 1. The van der Waals surface area contributed by atoms with Crippen LogP contribution in [0.3, 0.4) is 0 Å². The molecule has 7 nitrogen and oxygen atoms in total. The molecule has 2 amide bonds. The fraction of sp³-hybridized carbons (Fsp3) is 0.435. The molecule has 0 unspecified atom stereocenters. The Bertz CT molecular complexity index is 771. The van der Waals surface area contributed by atoms with Gasteiger partial charge in [0.25, 0.3) is 0 Å². The Morgan fingerprint density at radius 1 is 1.10 bits per heavy atom. The molecule has 1 aromatic rings. The van der Waals surface area contributed by atoms with E-state index in [0.29, 0.717) is 12.0 Å². The molecular weight excluding hydrogens is 403 g/mol. The van der Waals surface area contributed by atoms with Gasteiger partial charge in [-0.2, -0.15) is 0 Å². The van der Waals surface area contributed by atoms with Gasteiger partial charge in [0.2, 0.25) is 5.91 Å². The zero-order valence-electron chi connectivity index (χ0n) is 18.3. The van der Waals surface area contributed by atoms with Gasteiger partial charge in [-0.15, -0.1) is 13.2 Å². The van der Waals surface area contributed by atoms with Gasteiger partial charge < -0.3 is 20.1 Å². The lowest BCUT2D eigenvalue weighted by Crippen LogP contribution is -2.44. The molecule has 31 heavy (non-hydrogen) atoms. The number of carbonyl (C=O) groups is 3. The number of alkyl carbamates (subject to hydrolysis) is 1. The van der Waals surface area contributed by atoms with Crippen LogP contribution in [-0.4, -0.2) is 36.2 Å². The Balaban J connectivity index is 2.84. The highest BCUT2D eigenvalue weighted by Crippen LogP contribution is 2.16. The molecule has 0 saturated heterocycles. The largest absolute Gasteiger partial charge is 0.462 e. The fourth-order valence-electron chi connectivity index (χ4n) is 2.51. The molecule has 1 rings (SSSR count). The molecule has 0 aliphatic carbocycles. The third kappa shape index (κ3) is 10.4. The van der Waals surface area contributed by atoms with Crippen LogP contribution in [-0.2, 0) is 19.1 Å². The second-order valence-electron chi connectivity index (χ2n) is 7.85. The van der Waals surface area contributed by atoms with Crippen molar-refractivity contribution in [2.24, 2.45) is 0 Å². The van der Waals surface area contributed by atoms with Crippen molar-refractivity contribution < 1.29 is 28.2 Å². The first kappa shape index (κ1) is 25.9. The Labute approximate surface area is 182 Å². The van der Waals surface area contributed by atoms with E-state index in [9.17, 15) is 18.8 Å². The van der Waals surface area contributed by atoms with Crippen molar-refractivity contribution in [3.63, 3.8) is 0 Å². The van der Waals surface area contributed by atoms with Crippen LogP contribution in [0.1, 0.15) is 51.6 Å². The summed E-state index contributed by atoms with van der Waals surface area (Å²) in [6.07, 6.45) is 3.17. The fourth-order valence-corrected chi connectivity index (χ4v) is 2.51. The summed E-state index contributed by atoms with van der Waals surface area (Å²) in [4.78, 5) is 36.7. The van der Waals surface area contributed by atoms with Gasteiger partial charge in [-0.25, -0.2) is 14.0 Å². The Morgan fingerprint density at radius 2 is 1.74 bits per heavy atom. The highest BCUT2D eigenvalue weighted by atomic mass is 19.1. The summed E-state index contributed by atoms with van der Waals surface area (Å²) in [6, 6.07) is 3.82. The van der Waals surface area contributed by atoms with E-state index in [1.54, 1.807) is 26.8 Å².